The summed E-state index contributed by atoms with van der Waals surface area (Å²) < 4.78 is 19.3. The Hall–Kier alpha value is -1.57. The molecular formula is C33H51O3P. The Kier molecular flexibility index (Phi) is 8.26. The predicted molar refractivity (Wildman–Crippen MR) is 160 cm³/mol. The van der Waals surface area contributed by atoms with Crippen molar-refractivity contribution in [3.8, 4) is 11.5 Å². The monoisotopic (exact) mass is 526 g/mol. The van der Waals surface area contributed by atoms with Gasteiger partial charge in [-0.25, -0.2) is 0 Å². The van der Waals surface area contributed by atoms with Crippen molar-refractivity contribution < 1.29 is 13.6 Å². The highest BCUT2D eigenvalue weighted by Crippen LogP contribution is 2.56. The van der Waals surface area contributed by atoms with Gasteiger partial charge in [0.25, 0.3) is 0 Å². The normalized spacial score (nSPS) is 18.8. The highest BCUT2D eigenvalue weighted by molar-refractivity contribution is 7.42. The first-order valence-corrected chi connectivity index (χ1v) is 15.0. The molecule has 0 atom stereocenters. The van der Waals surface area contributed by atoms with E-state index >= 15 is 0 Å². The molecule has 0 fully saturated rings. The van der Waals surface area contributed by atoms with Gasteiger partial charge in [0, 0.05) is 35.3 Å². The van der Waals surface area contributed by atoms with Crippen molar-refractivity contribution in [2.75, 3.05) is 7.11 Å². The molecule has 0 saturated heterocycles. The minimum Gasteiger partial charge on any atom is -0.417 e. The molecule has 0 amide bonds. The van der Waals surface area contributed by atoms with Crippen LogP contribution in [0.5, 0.6) is 11.5 Å². The van der Waals surface area contributed by atoms with Crippen LogP contribution in [0.2, 0.25) is 0 Å². The lowest BCUT2D eigenvalue weighted by atomic mass is 9.73. The molecule has 0 saturated carbocycles. The zero-order valence-electron chi connectivity index (χ0n) is 26.0. The first kappa shape index (κ1) is 30.0. The van der Waals surface area contributed by atoms with E-state index in [2.05, 4.69) is 114 Å². The highest BCUT2D eigenvalue weighted by Gasteiger charge is 2.38. The van der Waals surface area contributed by atoms with Gasteiger partial charge in [0.1, 0.15) is 11.5 Å². The third-order valence-corrected chi connectivity index (χ3v) is 8.35. The van der Waals surface area contributed by atoms with E-state index in [1.54, 1.807) is 7.11 Å². The van der Waals surface area contributed by atoms with E-state index in [-0.39, 0.29) is 27.6 Å². The van der Waals surface area contributed by atoms with E-state index in [1.807, 2.05) is 0 Å². The van der Waals surface area contributed by atoms with Gasteiger partial charge >= 0.3 is 8.60 Å². The second-order valence-corrected chi connectivity index (χ2v) is 16.0. The Morgan fingerprint density at radius 2 is 1.03 bits per heavy atom. The first-order valence-electron chi connectivity index (χ1n) is 13.9. The lowest BCUT2D eigenvalue weighted by Gasteiger charge is -2.37. The van der Waals surface area contributed by atoms with Crippen molar-refractivity contribution in [3.63, 3.8) is 0 Å². The van der Waals surface area contributed by atoms with Crippen molar-refractivity contribution in [1.82, 2.24) is 0 Å². The van der Waals surface area contributed by atoms with Gasteiger partial charge in [-0.2, -0.15) is 0 Å². The SMILES string of the molecule is CCCC1c2cc(C(C)(C)C)cc(C(C)(C)C)c2OP(OC)Oc2c1cc(C(C)(C)C)cc2C(C)(C)C. The average molecular weight is 527 g/mol. The van der Waals surface area contributed by atoms with Crippen LogP contribution in [0.15, 0.2) is 24.3 Å². The smallest absolute Gasteiger partial charge is 0.417 e. The minimum atomic E-state index is -1.62. The van der Waals surface area contributed by atoms with Crippen LogP contribution in [0, 0.1) is 0 Å². The van der Waals surface area contributed by atoms with Gasteiger partial charge in [0.2, 0.25) is 0 Å². The summed E-state index contributed by atoms with van der Waals surface area (Å²) in [5, 5.41) is 0. The molecule has 0 N–H and O–H groups in total. The summed E-state index contributed by atoms with van der Waals surface area (Å²) in [6, 6.07) is 9.51. The quantitative estimate of drug-likeness (QED) is 0.372. The summed E-state index contributed by atoms with van der Waals surface area (Å²) in [4.78, 5) is 0. The standard InChI is InChI=1S/C33H51O3P/c1-15-16-23-24-17-21(30(2,3)4)19-26(32(8,9)10)28(24)35-37(34-14)36-29-25(23)18-22(31(5,6)7)20-27(29)33(11,12)13/h17-20,23H,15-16H2,1-14H3. The van der Waals surface area contributed by atoms with Crippen molar-refractivity contribution in [3.05, 3.63) is 57.6 Å². The Morgan fingerprint density at radius 3 is 1.30 bits per heavy atom. The van der Waals surface area contributed by atoms with Gasteiger partial charge in [-0.15, -0.1) is 0 Å². The maximum atomic E-state index is 6.73. The minimum absolute atomic E-state index is 0.0172. The molecule has 1 heterocycles. The fraction of sp³-hybridized carbons (Fsp3) is 0.636. The molecule has 4 heteroatoms. The Bertz CT molecular complexity index is 1040. The lowest BCUT2D eigenvalue weighted by Crippen LogP contribution is -2.23. The summed E-state index contributed by atoms with van der Waals surface area (Å²) in [6.45, 7) is 29.7. The van der Waals surface area contributed by atoms with Crippen LogP contribution in [0.3, 0.4) is 0 Å². The van der Waals surface area contributed by atoms with Gasteiger partial charge < -0.3 is 9.05 Å². The fourth-order valence-corrected chi connectivity index (χ4v) is 5.91. The van der Waals surface area contributed by atoms with Crippen LogP contribution in [0.25, 0.3) is 0 Å². The number of fused-ring (bicyclic) bond motifs is 2. The maximum absolute atomic E-state index is 6.73. The van der Waals surface area contributed by atoms with E-state index in [0.29, 0.717) is 0 Å². The molecule has 0 spiro atoms. The van der Waals surface area contributed by atoms with Gasteiger partial charge in [0.05, 0.1) is 0 Å². The van der Waals surface area contributed by atoms with Crippen LogP contribution in [-0.4, -0.2) is 7.11 Å². The molecule has 37 heavy (non-hydrogen) atoms. The summed E-state index contributed by atoms with van der Waals surface area (Å²) in [6.07, 6.45) is 2.09. The topological polar surface area (TPSA) is 27.7 Å². The maximum Gasteiger partial charge on any atom is 0.462 e. The summed E-state index contributed by atoms with van der Waals surface area (Å²) in [5.41, 5.74) is 7.49. The average Bonchev–Trinajstić information content (AvgIpc) is 2.72. The Balaban J connectivity index is 2.53. The summed E-state index contributed by atoms with van der Waals surface area (Å²) in [7, 11) is 0.0743. The number of rotatable bonds is 3. The molecule has 0 unspecified atom stereocenters. The zero-order chi connectivity index (χ0) is 28.1. The number of hydrogen-bond acceptors (Lipinski definition) is 3. The molecule has 0 radical (unpaired) electrons. The molecule has 2 aromatic carbocycles. The van der Waals surface area contributed by atoms with Crippen molar-refractivity contribution >= 4 is 8.60 Å². The van der Waals surface area contributed by atoms with E-state index in [1.165, 1.54) is 33.4 Å². The third kappa shape index (κ3) is 6.36. The molecule has 0 aromatic heterocycles. The molecular weight excluding hydrogens is 475 g/mol. The van der Waals surface area contributed by atoms with E-state index in [9.17, 15) is 0 Å². The first-order chi connectivity index (χ1) is 16.8. The number of hydrogen-bond donors (Lipinski definition) is 0. The summed E-state index contributed by atoms with van der Waals surface area (Å²) >= 11 is 0. The molecule has 206 valence electrons. The largest absolute Gasteiger partial charge is 0.462 e. The van der Waals surface area contributed by atoms with Gasteiger partial charge in [-0.1, -0.05) is 121 Å². The molecule has 3 nitrogen and oxygen atoms in total. The molecule has 1 aliphatic heterocycles. The predicted octanol–water partition coefficient (Wildman–Crippen LogP) is 10.5. The van der Waals surface area contributed by atoms with Crippen LogP contribution >= 0.6 is 8.60 Å². The van der Waals surface area contributed by atoms with Crippen LogP contribution in [0.4, 0.5) is 0 Å². The van der Waals surface area contributed by atoms with Crippen molar-refractivity contribution in [2.45, 2.75) is 130 Å². The van der Waals surface area contributed by atoms with E-state index in [4.69, 9.17) is 13.6 Å². The number of benzene rings is 2. The van der Waals surface area contributed by atoms with Gasteiger partial charge in [0.15, 0.2) is 0 Å². The second-order valence-electron chi connectivity index (χ2n) is 14.8. The molecule has 0 bridgehead atoms. The van der Waals surface area contributed by atoms with Crippen LogP contribution in [0.1, 0.15) is 142 Å². The van der Waals surface area contributed by atoms with E-state index in [0.717, 1.165) is 24.3 Å². The molecule has 1 aliphatic rings. The van der Waals surface area contributed by atoms with Gasteiger partial charge in [-0.05, 0) is 39.2 Å². The highest BCUT2D eigenvalue weighted by atomic mass is 31.2. The van der Waals surface area contributed by atoms with Crippen LogP contribution < -0.4 is 9.05 Å². The zero-order valence-corrected chi connectivity index (χ0v) is 26.9. The molecule has 2 aromatic rings. The Morgan fingerprint density at radius 1 is 0.649 bits per heavy atom. The van der Waals surface area contributed by atoms with Crippen molar-refractivity contribution in [2.24, 2.45) is 0 Å². The molecule has 3 rings (SSSR count). The Labute approximate surface area is 228 Å². The fourth-order valence-electron chi connectivity index (χ4n) is 5.01. The van der Waals surface area contributed by atoms with Gasteiger partial charge in [-0.3, -0.25) is 4.52 Å². The second kappa shape index (κ2) is 10.2. The summed E-state index contributed by atoms with van der Waals surface area (Å²) in [5.74, 6) is 2.04. The third-order valence-electron chi connectivity index (χ3n) is 7.39. The lowest BCUT2D eigenvalue weighted by molar-refractivity contribution is 0.310. The van der Waals surface area contributed by atoms with E-state index < -0.39 is 8.60 Å². The molecule has 0 aliphatic carbocycles. The van der Waals surface area contributed by atoms with Crippen molar-refractivity contribution in [1.29, 1.82) is 0 Å². The van der Waals surface area contributed by atoms with Crippen LogP contribution in [-0.2, 0) is 26.2 Å².